The minimum Gasteiger partial charge on any atom is -0.496 e. The van der Waals surface area contributed by atoms with E-state index in [9.17, 15) is 9.90 Å². The van der Waals surface area contributed by atoms with Crippen LogP contribution in [0.2, 0.25) is 0 Å². The average molecular weight is 434 g/mol. The Morgan fingerprint density at radius 3 is 2.62 bits per heavy atom. The van der Waals surface area contributed by atoms with E-state index in [1.165, 1.54) is 47.1 Å². The van der Waals surface area contributed by atoms with Gasteiger partial charge in [0.05, 0.1) is 12.7 Å². The van der Waals surface area contributed by atoms with E-state index in [0.29, 0.717) is 11.6 Å². The van der Waals surface area contributed by atoms with Gasteiger partial charge in [-0.2, -0.15) is 0 Å². The number of piperidine rings is 1. The lowest BCUT2D eigenvalue weighted by molar-refractivity contribution is 0.0292. The molecule has 3 aromatic rings. The lowest BCUT2D eigenvalue weighted by Crippen LogP contribution is -2.51. The molecule has 168 valence electrons. The zero-order chi connectivity index (χ0) is 22.2. The molecule has 0 unspecified atom stereocenters. The number of hydrogen-bond acceptors (Lipinski definition) is 4. The van der Waals surface area contributed by atoms with Gasteiger partial charge in [0.1, 0.15) is 5.75 Å². The maximum atomic E-state index is 11.3. The number of carboxylic acid groups (broad SMARTS) is 1. The van der Waals surface area contributed by atoms with Crippen LogP contribution in [-0.4, -0.2) is 58.6 Å². The monoisotopic (exact) mass is 433 g/mol. The SMILES string of the molecule is COc1cc(C)c2[nH]ccc2c1CN1CC[C@H](N2CCC2)C[C@H]1c1ccc(C(=O)O)cc1. The highest BCUT2D eigenvalue weighted by Gasteiger charge is 2.35. The third kappa shape index (κ3) is 3.78. The molecule has 2 N–H and O–H groups in total. The van der Waals surface area contributed by atoms with Crippen molar-refractivity contribution in [1.29, 1.82) is 0 Å². The molecule has 1 aromatic heterocycles. The predicted molar refractivity (Wildman–Crippen MR) is 125 cm³/mol. The normalized spacial score (nSPS) is 22.1. The van der Waals surface area contributed by atoms with Crippen LogP contribution in [0, 0.1) is 6.92 Å². The fourth-order valence-corrected chi connectivity index (χ4v) is 5.40. The van der Waals surface area contributed by atoms with Crippen molar-refractivity contribution in [3.63, 3.8) is 0 Å². The van der Waals surface area contributed by atoms with Gasteiger partial charge >= 0.3 is 5.97 Å². The Hall–Kier alpha value is -2.83. The van der Waals surface area contributed by atoms with Crippen LogP contribution in [0.1, 0.15) is 52.4 Å². The molecule has 6 nitrogen and oxygen atoms in total. The van der Waals surface area contributed by atoms with Crippen LogP contribution in [0.25, 0.3) is 10.9 Å². The number of nitrogens with zero attached hydrogens (tertiary/aromatic N) is 2. The van der Waals surface area contributed by atoms with Crippen molar-refractivity contribution in [1.82, 2.24) is 14.8 Å². The average Bonchev–Trinajstić information content (AvgIpc) is 3.26. The van der Waals surface area contributed by atoms with E-state index < -0.39 is 5.97 Å². The highest BCUT2D eigenvalue weighted by Crippen LogP contribution is 2.39. The predicted octanol–water partition coefficient (Wildman–Crippen LogP) is 4.59. The minimum absolute atomic E-state index is 0.247. The molecule has 0 saturated carbocycles. The molecule has 2 saturated heterocycles. The topological polar surface area (TPSA) is 68.8 Å². The molecular weight excluding hydrogens is 402 g/mol. The van der Waals surface area contributed by atoms with Crippen molar-refractivity contribution in [3.8, 4) is 5.75 Å². The first-order chi connectivity index (χ1) is 15.5. The highest BCUT2D eigenvalue weighted by atomic mass is 16.5. The molecule has 0 aliphatic carbocycles. The van der Waals surface area contributed by atoms with Crippen LogP contribution >= 0.6 is 0 Å². The second kappa shape index (κ2) is 8.60. The molecule has 32 heavy (non-hydrogen) atoms. The number of methoxy groups -OCH3 is 1. The maximum absolute atomic E-state index is 11.3. The molecule has 0 bridgehead atoms. The number of ether oxygens (including phenoxy) is 1. The van der Waals surface area contributed by atoms with Crippen LogP contribution in [-0.2, 0) is 6.54 Å². The lowest BCUT2D eigenvalue weighted by atomic mass is 9.88. The highest BCUT2D eigenvalue weighted by molar-refractivity contribution is 5.88. The van der Waals surface area contributed by atoms with Gasteiger partial charge < -0.3 is 19.7 Å². The number of rotatable bonds is 6. The van der Waals surface area contributed by atoms with E-state index in [4.69, 9.17) is 4.74 Å². The Balaban J connectivity index is 1.49. The largest absolute Gasteiger partial charge is 0.496 e. The van der Waals surface area contributed by atoms with Gasteiger partial charge in [-0.3, -0.25) is 4.90 Å². The van der Waals surface area contributed by atoms with Crippen molar-refractivity contribution < 1.29 is 14.6 Å². The number of carbonyl (C=O) groups is 1. The van der Waals surface area contributed by atoms with Gasteiger partial charge in [-0.1, -0.05) is 12.1 Å². The zero-order valence-electron chi connectivity index (χ0n) is 18.8. The Bertz CT molecular complexity index is 1120. The molecule has 5 rings (SSSR count). The first-order valence-corrected chi connectivity index (χ1v) is 11.5. The van der Waals surface area contributed by atoms with E-state index in [1.807, 2.05) is 18.3 Å². The lowest BCUT2D eigenvalue weighted by Gasteiger charge is -2.47. The molecule has 0 radical (unpaired) electrons. The summed E-state index contributed by atoms with van der Waals surface area (Å²) in [5.41, 5.74) is 5.09. The van der Waals surface area contributed by atoms with Crippen LogP contribution < -0.4 is 4.74 Å². The summed E-state index contributed by atoms with van der Waals surface area (Å²) < 4.78 is 5.80. The number of aromatic carboxylic acids is 1. The van der Waals surface area contributed by atoms with Crippen molar-refractivity contribution in [2.24, 2.45) is 0 Å². The first kappa shape index (κ1) is 21.0. The molecule has 2 aromatic carbocycles. The fourth-order valence-electron chi connectivity index (χ4n) is 5.40. The van der Waals surface area contributed by atoms with Crippen molar-refractivity contribution >= 4 is 16.9 Å². The first-order valence-electron chi connectivity index (χ1n) is 11.5. The zero-order valence-corrected chi connectivity index (χ0v) is 18.8. The minimum atomic E-state index is -0.880. The van der Waals surface area contributed by atoms with E-state index >= 15 is 0 Å². The summed E-state index contributed by atoms with van der Waals surface area (Å²) in [7, 11) is 1.75. The second-order valence-corrected chi connectivity index (χ2v) is 9.12. The Labute approximate surface area is 188 Å². The number of hydrogen-bond donors (Lipinski definition) is 2. The standard InChI is InChI=1S/C26H31N3O3/c1-17-14-24(32-2)22(21-8-10-27-25(17)21)16-29-13-9-20(28-11-3-12-28)15-23(29)18-4-6-19(7-5-18)26(30)31/h4-8,10,14,20,23,27H,3,9,11-13,15-16H2,1-2H3,(H,30,31)/t20-,23-/m0/s1. The number of aromatic nitrogens is 1. The van der Waals surface area contributed by atoms with Crippen molar-refractivity contribution in [2.75, 3.05) is 26.7 Å². The molecular formula is C26H31N3O3. The Morgan fingerprint density at radius 1 is 1.19 bits per heavy atom. The fraction of sp³-hybridized carbons (Fsp3) is 0.423. The number of aromatic amines is 1. The molecule has 3 heterocycles. The maximum Gasteiger partial charge on any atom is 0.335 e. The van der Waals surface area contributed by atoms with Gasteiger partial charge in [0, 0.05) is 47.8 Å². The summed E-state index contributed by atoms with van der Waals surface area (Å²) in [5, 5.41) is 10.5. The number of carboxylic acids is 1. The van der Waals surface area contributed by atoms with Gasteiger partial charge in [0.15, 0.2) is 0 Å². The molecule has 6 heteroatoms. The summed E-state index contributed by atoms with van der Waals surface area (Å²) >= 11 is 0. The number of fused-ring (bicyclic) bond motifs is 1. The number of aryl methyl sites for hydroxylation is 1. The smallest absolute Gasteiger partial charge is 0.335 e. The quantitative estimate of drug-likeness (QED) is 0.595. The Morgan fingerprint density at radius 2 is 1.97 bits per heavy atom. The Kier molecular flexibility index (Phi) is 5.66. The number of H-pyrrole nitrogens is 1. The van der Waals surface area contributed by atoms with Crippen molar-refractivity contribution in [3.05, 3.63) is 64.8 Å². The molecule has 0 amide bonds. The summed E-state index contributed by atoms with van der Waals surface area (Å²) in [4.78, 5) is 19.9. The summed E-state index contributed by atoms with van der Waals surface area (Å²) in [6.45, 7) is 6.32. The van der Waals surface area contributed by atoms with Crippen LogP contribution in [0.5, 0.6) is 5.75 Å². The molecule has 2 aliphatic rings. The third-order valence-electron chi connectivity index (χ3n) is 7.33. The molecule has 2 aliphatic heterocycles. The molecule has 0 spiro atoms. The van der Waals surface area contributed by atoms with Crippen LogP contribution in [0.4, 0.5) is 0 Å². The van der Waals surface area contributed by atoms with E-state index in [1.54, 1.807) is 19.2 Å². The van der Waals surface area contributed by atoms with Crippen LogP contribution in [0.3, 0.4) is 0 Å². The third-order valence-corrected chi connectivity index (χ3v) is 7.33. The van der Waals surface area contributed by atoms with Crippen LogP contribution in [0.15, 0.2) is 42.6 Å². The van der Waals surface area contributed by atoms with Gasteiger partial charge in [0.2, 0.25) is 0 Å². The number of benzene rings is 2. The van der Waals surface area contributed by atoms with E-state index in [-0.39, 0.29) is 6.04 Å². The summed E-state index contributed by atoms with van der Waals surface area (Å²) in [6.07, 6.45) is 5.52. The second-order valence-electron chi connectivity index (χ2n) is 9.12. The van der Waals surface area contributed by atoms with Gasteiger partial charge in [-0.05, 0) is 74.7 Å². The van der Waals surface area contributed by atoms with Crippen molar-refractivity contribution in [2.45, 2.75) is 44.8 Å². The number of nitrogens with one attached hydrogen (secondary N) is 1. The molecule has 2 atom stereocenters. The van der Waals surface area contributed by atoms with Gasteiger partial charge in [-0.15, -0.1) is 0 Å². The van der Waals surface area contributed by atoms with Gasteiger partial charge in [-0.25, -0.2) is 4.79 Å². The molecule has 2 fully saturated rings. The number of likely N-dealkylation sites (tertiary alicyclic amines) is 2. The summed E-state index contributed by atoms with van der Waals surface area (Å²) in [5.74, 6) is 0.0502. The van der Waals surface area contributed by atoms with E-state index in [0.717, 1.165) is 31.7 Å². The van der Waals surface area contributed by atoms with E-state index in [2.05, 4.69) is 33.8 Å². The summed E-state index contributed by atoms with van der Waals surface area (Å²) in [6, 6.07) is 12.6. The van der Waals surface area contributed by atoms with Gasteiger partial charge in [0.25, 0.3) is 0 Å².